The van der Waals surface area contributed by atoms with Gasteiger partial charge in [0.2, 0.25) is 5.91 Å². The van der Waals surface area contributed by atoms with Gasteiger partial charge in [0.15, 0.2) is 0 Å². The second-order valence-electron chi connectivity index (χ2n) is 6.18. The van der Waals surface area contributed by atoms with Crippen molar-refractivity contribution in [3.63, 3.8) is 0 Å². The summed E-state index contributed by atoms with van der Waals surface area (Å²) in [7, 11) is 0. The number of amides is 3. The number of nitriles is 2. The Morgan fingerprint density at radius 2 is 1.85 bits per heavy atom. The van der Waals surface area contributed by atoms with Crippen LogP contribution in [-0.2, 0) is 16.0 Å². The zero-order valence-electron chi connectivity index (χ0n) is 15.1. The molecule has 0 radical (unpaired) electrons. The van der Waals surface area contributed by atoms with E-state index in [0.717, 1.165) is 5.56 Å². The Labute approximate surface area is 158 Å². The van der Waals surface area contributed by atoms with Crippen LogP contribution >= 0.6 is 0 Å². The van der Waals surface area contributed by atoms with Crippen molar-refractivity contribution in [1.82, 2.24) is 15.5 Å². The number of nitrogens with zero attached hydrogens (tertiary/aromatic N) is 3. The Hall–Kier alpha value is -3.10. The van der Waals surface area contributed by atoms with Crippen molar-refractivity contribution >= 4 is 11.9 Å². The molecule has 0 aromatic heterocycles. The Morgan fingerprint density at radius 1 is 1.15 bits per heavy atom. The zero-order valence-corrected chi connectivity index (χ0v) is 15.1. The summed E-state index contributed by atoms with van der Waals surface area (Å²) in [6.45, 7) is 1.87. The van der Waals surface area contributed by atoms with E-state index in [2.05, 4.69) is 10.6 Å². The molecule has 2 atom stereocenters. The van der Waals surface area contributed by atoms with Gasteiger partial charge < -0.3 is 20.3 Å². The number of carbonyl (C=O) groups excluding carboxylic acids is 2. The average molecular weight is 369 g/mol. The van der Waals surface area contributed by atoms with E-state index in [1.54, 1.807) is 4.90 Å². The highest BCUT2D eigenvalue weighted by molar-refractivity contribution is 5.87. The summed E-state index contributed by atoms with van der Waals surface area (Å²) < 4.78 is 5.24. The number of carbonyl (C=O) groups is 2. The molecule has 0 unspecified atom stereocenters. The minimum absolute atomic E-state index is 0.169. The Balaban J connectivity index is 2.06. The highest BCUT2D eigenvalue weighted by atomic mass is 16.5. The van der Waals surface area contributed by atoms with Crippen LogP contribution in [0.25, 0.3) is 0 Å². The molecule has 0 saturated carbocycles. The summed E-state index contributed by atoms with van der Waals surface area (Å²) in [5.41, 5.74) is 0.894. The Kier molecular flexibility index (Phi) is 8.08. The first kappa shape index (κ1) is 20.2. The lowest BCUT2D eigenvalue weighted by Gasteiger charge is -2.29. The van der Waals surface area contributed by atoms with Gasteiger partial charge in [-0.2, -0.15) is 10.5 Å². The summed E-state index contributed by atoms with van der Waals surface area (Å²) in [6, 6.07) is 11.4. The molecule has 8 nitrogen and oxygen atoms in total. The van der Waals surface area contributed by atoms with Gasteiger partial charge in [0.25, 0.3) is 0 Å². The van der Waals surface area contributed by atoms with Gasteiger partial charge in [-0.15, -0.1) is 0 Å². The van der Waals surface area contributed by atoms with Crippen LogP contribution in [0.15, 0.2) is 30.3 Å². The predicted molar refractivity (Wildman–Crippen MR) is 97.2 cm³/mol. The fourth-order valence-electron chi connectivity index (χ4n) is 2.72. The third-order valence-corrected chi connectivity index (χ3v) is 4.21. The zero-order chi connectivity index (χ0) is 19.5. The van der Waals surface area contributed by atoms with Gasteiger partial charge in [0.05, 0.1) is 25.4 Å². The van der Waals surface area contributed by atoms with Gasteiger partial charge >= 0.3 is 6.03 Å². The monoisotopic (exact) mass is 369 g/mol. The number of rotatable bonds is 7. The van der Waals surface area contributed by atoms with E-state index in [4.69, 9.17) is 10.00 Å². The van der Waals surface area contributed by atoms with E-state index >= 15 is 0 Å². The van der Waals surface area contributed by atoms with Gasteiger partial charge in [-0.3, -0.25) is 4.79 Å². The molecule has 27 heavy (non-hydrogen) atoms. The normalized spacial score (nSPS) is 15.7. The van der Waals surface area contributed by atoms with E-state index < -0.39 is 18.0 Å². The highest BCUT2D eigenvalue weighted by Gasteiger charge is 2.26. The first-order valence-corrected chi connectivity index (χ1v) is 8.88. The molecule has 1 aromatic carbocycles. The number of ether oxygens (including phenoxy) is 1. The van der Waals surface area contributed by atoms with Crippen molar-refractivity contribution in [1.29, 1.82) is 10.5 Å². The average Bonchev–Trinajstić information content (AvgIpc) is 2.71. The molecule has 0 aliphatic carbocycles. The standard InChI is InChI=1S/C19H23N5O3/c20-8-4-7-16(14-21)22-18(25)17(13-15-5-2-1-3-6-15)23-19(26)24-9-11-27-12-10-24/h1-3,5-6,16-17H,4,7,9-13H2,(H,22,25)(H,23,26)/t16-,17-/m0/s1. The van der Waals surface area contributed by atoms with Crippen LogP contribution in [0.4, 0.5) is 4.79 Å². The van der Waals surface area contributed by atoms with Gasteiger partial charge in [0.1, 0.15) is 12.1 Å². The first-order valence-electron chi connectivity index (χ1n) is 8.88. The molecular formula is C19H23N5O3. The SMILES string of the molecule is N#CCC[C@@H](C#N)NC(=O)[C@H](Cc1ccccc1)NC(=O)N1CCOCC1. The maximum absolute atomic E-state index is 12.7. The van der Waals surface area contributed by atoms with Crippen LogP contribution in [-0.4, -0.2) is 55.2 Å². The lowest BCUT2D eigenvalue weighted by molar-refractivity contribution is -0.123. The third-order valence-electron chi connectivity index (χ3n) is 4.21. The summed E-state index contributed by atoms with van der Waals surface area (Å²) in [5, 5.41) is 23.2. The fourth-order valence-corrected chi connectivity index (χ4v) is 2.72. The Morgan fingerprint density at radius 3 is 2.48 bits per heavy atom. The highest BCUT2D eigenvalue weighted by Crippen LogP contribution is 2.06. The summed E-state index contributed by atoms with van der Waals surface area (Å²) in [5.74, 6) is -0.440. The number of morpholine rings is 1. The fraction of sp³-hybridized carbons (Fsp3) is 0.474. The molecule has 2 rings (SSSR count). The van der Waals surface area contributed by atoms with Crippen molar-refractivity contribution in [2.75, 3.05) is 26.3 Å². The molecule has 142 valence electrons. The molecular weight excluding hydrogens is 346 g/mol. The van der Waals surface area contributed by atoms with Crippen molar-refractivity contribution in [3.05, 3.63) is 35.9 Å². The van der Waals surface area contributed by atoms with Crippen LogP contribution in [0, 0.1) is 22.7 Å². The molecule has 1 aliphatic heterocycles. The van der Waals surface area contributed by atoms with Gasteiger partial charge in [-0.05, 0) is 12.0 Å². The van der Waals surface area contributed by atoms with Crippen molar-refractivity contribution in [2.45, 2.75) is 31.3 Å². The number of benzene rings is 1. The number of nitrogens with one attached hydrogen (secondary N) is 2. The summed E-state index contributed by atoms with van der Waals surface area (Å²) in [4.78, 5) is 26.8. The minimum Gasteiger partial charge on any atom is -0.378 e. The lowest BCUT2D eigenvalue weighted by atomic mass is 10.0. The maximum atomic E-state index is 12.7. The van der Waals surface area contributed by atoms with Crippen molar-refractivity contribution in [3.8, 4) is 12.1 Å². The largest absolute Gasteiger partial charge is 0.378 e. The van der Waals surface area contributed by atoms with E-state index in [0.29, 0.717) is 32.7 Å². The molecule has 3 amide bonds. The maximum Gasteiger partial charge on any atom is 0.318 e. The Bertz CT molecular complexity index is 704. The molecule has 1 heterocycles. The summed E-state index contributed by atoms with van der Waals surface area (Å²) >= 11 is 0. The van der Waals surface area contributed by atoms with Gasteiger partial charge in [0, 0.05) is 25.9 Å². The lowest BCUT2D eigenvalue weighted by Crippen LogP contribution is -2.55. The van der Waals surface area contributed by atoms with Crippen LogP contribution in [0.3, 0.4) is 0 Å². The van der Waals surface area contributed by atoms with E-state index in [1.807, 2.05) is 42.5 Å². The molecule has 1 aliphatic rings. The van der Waals surface area contributed by atoms with Crippen molar-refractivity contribution in [2.24, 2.45) is 0 Å². The van der Waals surface area contributed by atoms with Crippen LogP contribution in [0.2, 0.25) is 0 Å². The number of hydrogen-bond acceptors (Lipinski definition) is 5. The van der Waals surface area contributed by atoms with Crippen LogP contribution in [0.1, 0.15) is 18.4 Å². The topological polar surface area (TPSA) is 118 Å². The van der Waals surface area contributed by atoms with Crippen molar-refractivity contribution < 1.29 is 14.3 Å². The molecule has 1 saturated heterocycles. The van der Waals surface area contributed by atoms with E-state index in [1.165, 1.54) is 0 Å². The smallest absolute Gasteiger partial charge is 0.318 e. The predicted octanol–water partition coefficient (Wildman–Crippen LogP) is 0.952. The first-order chi connectivity index (χ1) is 13.1. The number of urea groups is 1. The quantitative estimate of drug-likeness (QED) is 0.742. The second-order valence-corrected chi connectivity index (χ2v) is 6.18. The molecule has 2 N–H and O–H groups in total. The molecule has 1 aromatic rings. The molecule has 1 fully saturated rings. The third kappa shape index (κ3) is 6.61. The van der Waals surface area contributed by atoms with Gasteiger partial charge in [-0.25, -0.2) is 4.79 Å². The minimum atomic E-state index is -0.819. The van der Waals surface area contributed by atoms with Crippen LogP contribution in [0.5, 0.6) is 0 Å². The molecule has 0 bridgehead atoms. The van der Waals surface area contributed by atoms with Crippen LogP contribution < -0.4 is 10.6 Å². The number of hydrogen-bond donors (Lipinski definition) is 2. The second kappa shape index (κ2) is 10.8. The molecule has 0 spiro atoms. The van der Waals surface area contributed by atoms with E-state index in [-0.39, 0.29) is 18.9 Å². The summed E-state index contributed by atoms with van der Waals surface area (Å²) in [6.07, 6.45) is 0.718. The van der Waals surface area contributed by atoms with E-state index in [9.17, 15) is 14.9 Å². The molecule has 8 heteroatoms. The van der Waals surface area contributed by atoms with Gasteiger partial charge in [-0.1, -0.05) is 30.3 Å².